The highest BCUT2D eigenvalue weighted by molar-refractivity contribution is 5.72. The fourth-order valence-electron chi connectivity index (χ4n) is 2.93. The van der Waals surface area contributed by atoms with E-state index >= 15 is 0 Å². The molecule has 1 atom stereocenters. The monoisotopic (exact) mass is 341 g/mol. The van der Waals surface area contributed by atoms with Crippen LogP contribution in [0.1, 0.15) is 34.7 Å². The van der Waals surface area contributed by atoms with Crippen LogP contribution in [0.25, 0.3) is 0 Å². The van der Waals surface area contributed by atoms with Gasteiger partial charge in [-0.15, -0.1) is 0 Å². The van der Waals surface area contributed by atoms with Gasteiger partial charge in [0.05, 0.1) is 0 Å². The molecule has 1 unspecified atom stereocenters. The molecule has 2 aromatic carbocycles. The van der Waals surface area contributed by atoms with Gasteiger partial charge >= 0.3 is 5.97 Å². The molecule has 4 nitrogen and oxygen atoms in total. The largest absolute Gasteiger partial charge is 0.488 e. The number of carboxylic acids is 1. The molecule has 0 amide bonds. The summed E-state index contributed by atoms with van der Waals surface area (Å²) in [6.07, 6.45) is 0. The lowest BCUT2D eigenvalue weighted by Gasteiger charge is -2.22. The number of aliphatic carboxylic acids is 1. The van der Waals surface area contributed by atoms with E-state index in [-0.39, 0.29) is 0 Å². The molecule has 0 aliphatic heterocycles. The Hall–Kier alpha value is -2.33. The molecule has 0 aliphatic rings. The van der Waals surface area contributed by atoms with Crippen LogP contribution in [-0.4, -0.2) is 29.1 Å². The average molecular weight is 341 g/mol. The molecule has 2 rings (SSSR count). The van der Waals surface area contributed by atoms with Crippen molar-refractivity contribution in [3.05, 3.63) is 64.2 Å². The fraction of sp³-hybridized carbons (Fsp3) is 0.381. The van der Waals surface area contributed by atoms with Gasteiger partial charge in [0, 0.05) is 6.54 Å². The summed E-state index contributed by atoms with van der Waals surface area (Å²) < 4.78 is 6.05. The van der Waals surface area contributed by atoms with Crippen molar-refractivity contribution in [3.8, 4) is 5.75 Å². The van der Waals surface area contributed by atoms with E-state index in [1.807, 2.05) is 31.9 Å². The summed E-state index contributed by atoms with van der Waals surface area (Å²) in [6, 6.07) is 11.9. The normalized spacial score (nSPS) is 12.2. The van der Waals surface area contributed by atoms with Gasteiger partial charge in [0.15, 0.2) is 0 Å². The highest BCUT2D eigenvalue weighted by Gasteiger charge is 2.17. The molecule has 25 heavy (non-hydrogen) atoms. The van der Waals surface area contributed by atoms with Gasteiger partial charge in [0.2, 0.25) is 0 Å². The first-order chi connectivity index (χ1) is 11.8. The molecule has 2 aromatic rings. The Balaban J connectivity index is 2.10. The average Bonchev–Trinajstić information content (AvgIpc) is 2.53. The number of ether oxygens (including phenoxy) is 1. The zero-order valence-corrected chi connectivity index (χ0v) is 15.7. The Morgan fingerprint density at radius 2 is 1.76 bits per heavy atom. The van der Waals surface area contributed by atoms with Crippen LogP contribution in [0.3, 0.4) is 0 Å². The first kappa shape index (κ1) is 19.0. The third-order valence-electron chi connectivity index (χ3n) is 4.44. The number of nitrogens with zero attached hydrogens (tertiary/aromatic N) is 1. The summed E-state index contributed by atoms with van der Waals surface area (Å²) in [4.78, 5) is 12.9. The topological polar surface area (TPSA) is 49.8 Å². The van der Waals surface area contributed by atoms with Crippen molar-refractivity contribution >= 4 is 5.97 Å². The Bertz CT molecular complexity index is 732. The van der Waals surface area contributed by atoms with E-state index in [2.05, 4.69) is 37.3 Å². The van der Waals surface area contributed by atoms with Crippen molar-refractivity contribution in [1.82, 2.24) is 4.90 Å². The fourth-order valence-corrected chi connectivity index (χ4v) is 2.93. The van der Waals surface area contributed by atoms with Crippen molar-refractivity contribution in [1.29, 1.82) is 0 Å². The molecule has 0 fully saturated rings. The first-order valence-corrected chi connectivity index (χ1v) is 8.49. The molecule has 0 aromatic heterocycles. The maximum Gasteiger partial charge on any atom is 0.320 e. The van der Waals surface area contributed by atoms with Crippen LogP contribution in [0.2, 0.25) is 0 Å². The number of hydrogen-bond donors (Lipinski definition) is 1. The predicted molar refractivity (Wildman–Crippen MR) is 100.0 cm³/mol. The third-order valence-corrected chi connectivity index (χ3v) is 4.44. The Morgan fingerprint density at radius 1 is 1.12 bits per heavy atom. The van der Waals surface area contributed by atoms with Gasteiger partial charge in [-0.1, -0.05) is 42.0 Å². The minimum atomic E-state index is -0.811. The summed E-state index contributed by atoms with van der Waals surface area (Å²) in [5, 5.41) is 9.12. The number of carbonyl (C=O) groups is 1. The van der Waals surface area contributed by atoms with Crippen molar-refractivity contribution in [2.24, 2.45) is 0 Å². The summed E-state index contributed by atoms with van der Waals surface area (Å²) in [5.41, 5.74) is 5.60. The van der Waals surface area contributed by atoms with Gasteiger partial charge in [-0.2, -0.15) is 0 Å². The summed E-state index contributed by atoms with van der Waals surface area (Å²) in [5.74, 6) is 0.0910. The van der Waals surface area contributed by atoms with E-state index in [9.17, 15) is 4.79 Å². The van der Waals surface area contributed by atoms with E-state index in [0.29, 0.717) is 13.2 Å². The Kier molecular flexibility index (Phi) is 6.21. The highest BCUT2D eigenvalue weighted by Crippen LogP contribution is 2.26. The minimum Gasteiger partial charge on any atom is -0.488 e. The molecule has 4 heteroatoms. The predicted octanol–water partition coefficient (Wildman–Crippen LogP) is 4.10. The SMILES string of the molecule is Cc1cccc(COc2c(C)cc(CN(C)C(C)C(=O)O)cc2C)c1. The van der Waals surface area contributed by atoms with Crippen molar-refractivity contribution in [2.75, 3.05) is 7.05 Å². The number of aryl methyl sites for hydroxylation is 3. The zero-order chi connectivity index (χ0) is 18.6. The Labute approximate surface area is 150 Å². The standard InChI is InChI=1S/C21H27NO3/c1-14-7-6-8-18(9-14)13-25-20-15(2)10-19(11-16(20)3)12-22(5)17(4)21(23)24/h6-11,17H,12-13H2,1-5H3,(H,23,24). The molecule has 1 N–H and O–H groups in total. The quantitative estimate of drug-likeness (QED) is 0.824. The number of hydrogen-bond acceptors (Lipinski definition) is 3. The lowest BCUT2D eigenvalue weighted by Crippen LogP contribution is -2.35. The van der Waals surface area contributed by atoms with Gasteiger partial charge in [0.1, 0.15) is 18.4 Å². The molecule has 0 spiro atoms. The molecule has 134 valence electrons. The van der Waals surface area contributed by atoms with Gasteiger partial charge in [-0.25, -0.2) is 0 Å². The van der Waals surface area contributed by atoms with Crippen LogP contribution in [0.5, 0.6) is 5.75 Å². The number of benzene rings is 2. The van der Waals surface area contributed by atoms with Gasteiger partial charge in [-0.3, -0.25) is 9.69 Å². The van der Waals surface area contributed by atoms with Crippen molar-refractivity contribution in [2.45, 2.75) is 46.9 Å². The van der Waals surface area contributed by atoms with Crippen LogP contribution in [0.4, 0.5) is 0 Å². The molecule has 0 saturated carbocycles. The molecule has 0 saturated heterocycles. The van der Waals surface area contributed by atoms with Gasteiger partial charge in [-0.05, 0) is 57.0 Å². The van der Waals surface area contributed by atoms with Crippen LogP contribution in [-0.2, 0) is 17.9 Å². The summed E-state index contributed by atoms with van der Waals surface area (Å²) in [7, 11) is 1.83. The second-order valence-corrected chi connectivity index (χ2v) is 6.77. The van der Waals surface area contributed by atoms with Crippen LogP contribution in [0.15, 0.2) is 36.4 Å². The lowest BCUT2D eigenvalue weighted by atomic mass is 10.0. The van der Waals surface area contributed by atoms with Crippen LogP contribution < -0.4 is 4.74 Å². The molecule has 0 bridgehead atoms. The van der Waals surface area contributed by atoms with E-state index in [1.54, 1.807) is 6.92 Å². The number of rotatable bonds is 7. The van der Waals surface area contributed by atoms with Crippen LogP contribution >= 0.6 is 0 Å². The molecule has 0 radical (unpaired) electrons. The van der Waals surface area contributed by atoms with Crippen molar-refractivity contribution < 1.29 is 14.6 Å². The van der Waals surface area contributed by atoms with E-state index in [1.165, 1.54) is 5.56 Å². The van der Waals surface area contributed by atoms with Crippen LogP contribution in [0, 0.1) is 20.8 Å². The second kappa shape index (κ2) is 8.17. The molecule has 0 heterocycles. The third kappa shape index (κ3) is 5.07. The smallest absolute Gasteiger partial charge is 0.320 e. The van der Waals surface area contributed by atoms with Gasteiger partial charge < -0.3 is 9.84 Å². The van der Waals surface area contributed by atoms with Crippen molar-refractivity contribution in [3.63, 3.8) is 0 Å². The van der Waals surface area contributed by atoms with E-state index in [4.69, 9.17) is 9.84 Å². The maximum absolute atomic E-state index is 11.1. The number of likely N-dealkylation sites (N-methyl/N-ethyl adjacent to an activating group) is 1. The second-order valence-electron chi connectivity index (χ2n) is 6.77. The Morgan fingerprint density at radius 3 is 2.32 bits per heavy atom. The number of carboxylic acid groups (broad SMARTS) is 1. The summed E-state index contributed by atoms with van der Waals surface area (Å²) >= 11 is 0. The zero-order valence-electron chi connectivity index (χ0n) is 15.7. The van der Waals surface area contributed by atoms with Gasteiger partial charge in [0.25, 0.3) is 0 Å². The van der Waals surface area contributed by atoms with E-state index in [0.717, 1.165) is 28.0 Å². The summed E-state index contributed by atoms with van der Waals surface area (Å²) in [6.45, 7) is 8.96. The molecular formula is C21H27NO3. The molecule has 0 aliphatic carbocycles. The minimum absolute atomic E-state index is 0.516. The van der Waals surface area contributed by atoms with E-state index < -0.39 is 12.0 Å². The lowest BCUT2D eigenvalue weighted by molar-refractivity contribution is -0.142. The maximum atomic E-state index is 11.1. The first-order valence-electron chi connectivity index (χ1n) is 8.49. The molecular weight excluding hydrogens is 314 g/mol. The highest BCUT2D eigenvalue weighted by atomic mass is 16.5.